The highest BCUT2D eigenvalue weighted by molar-refractivity contribution is 5.16. The summed E-state index contributed by atoms with van der Waals surface area (Å²) in [7, 11) is 0. The first-order valence-electron chi connectivity index (χ1n) is 2.74. The molecular weight excluding hydrogens is 108 g/mol. The van der Waals surface area contributed by atoms with Gasteiger partial charge in [-0.05, 0) is 0 Å². The molecule has 0 aliphatic heterocycles. The van der Waals surface area contributed by atoms with Crippen molar-refractivity contribution in [2.75, 3.05) is 0 Å². The number of allylic oxidation sites excluding steroid dienone is 7. The Kier molecular flexibility index (Phi) is 2.42. The highest BCUT2D eigenvalue weighted by Gasteiger charge is 1.49. The zero-order chi connectivity index (χ0) is 6.36. The van der Waals surface area contributed by atoms with Crippen LogP contribution in [0.2, 0.25) is 0 Å². The van der Waals surface area contributed by atoms with E-state index in [2.05, 4.69) is 17.9 Å². The smallest absolute Gasteiger partial charge is 0.0873 e. The molecule has 44 valence electrons. The van der Waals surface area contributed by atoms with Crippen molar-refractivity contribution in [2.45, 2.75) is 0 Å². The monoisotopic (exact) mass is 114 g/mol. The van der Waals surface area contributed by atoms with Crippen molar-refractivity contribution in [1.82, 2.24) is 0 Å². The average molecular weight is 114 g/mol. The Bertz CT molecular complexity index is 188. The third kappa shape index (κ3) is 2.53. The van der Waals surface area contributed by atoms with Crippen molar-refractivity contribution >= 4 is 0 Å². The van der Waals surface area contributed by atoms with Crippen molar-refractivity contribution in [1.29, 1.82) is 0 Å². The second kappa shape index (κ2) is 3.71. The molecule has 0 heteroatoms. The molecule has 0 atom stereocenters. The SMILES string of the molecule is C1=[C-]\C=C/C=C\C=C/[C-]=1. The molecule has 9 heavy (non-hydrogen) atoms. The molecule has 0 bridgehead atoms. The third-order valence-electron chi connectivity index (χ3n) is 0.837. The first-order chi connectivity index (χ1) is 4.50. The quantitative estimate of drug-likeness (QED) is 0.333. The van der Waals surface area contributed by atoms with E-state index >= 15 is 0 Å². The molecule has 0 nitrogen and oxygen atoms in total. The lowest BCUT2D eigenvalue weighted by Gasteiger charge is -1.85. The highest BCUT2D eigenvalue weighted by Crippen LogP contribution is 1.83. The van der Waals surface area contributed by atoms with Crippen LogP contribution in [-0.4, -0.2) is 0 Å². The zero-order valence-corrected chi connectivity index (χ0v) is 4.96. The normalized spacial score (nSPS) is 25.8. The van der Waals surface area contributed by atoms with Crippen molar-refractivity contribution in [2.24, 2.45) is 0 Å². The zero-order valence-electron chi connectivity index (χ0n) is 4.96. The minimum absolute atomic E-state index is 1.79. The van der Waals surface area contributed by atoms with Gasteiger partial charge in [0.1, 0.15) is 0 Å². The van der Waals surface area contributed by atoms with Gasteiger partial charge in [-0.1, -0.05) is 12.2 Å². The summed E-state index contributed by atoms with van der Waals surface area (Å²) in [6.45, 7) is 0. The molecule has 0 amide bonds. The summed E-state index contributed by atoms with van der Waals surface area (Å²) in [5.41, 5.74) is 2.71. The predicted octanol–water partition coefficient (Wildman–Crippen LogP) is 1.99. The summed E-state index contributed by atoms with van der Waals surface area (Å²) in [6.07, 6.45) is 16.8. The molecule has 1 rings (SSSR count). The molecule has 0 unspecified atom stereocenters. The second-order valence-corrected chi connectivity index (χ2v) is 1.52. The summed E-state index contributed by atoms with van der Waals surface area (Å²) in [5, 5.41) is 0. The van der Waals surface area contributed by atoms with Crippen LogP contribution in [0.1, 0.15) is 0 Å². The molecule has 0 radical (unpaired) electrons. The van der Waals surface area contributed by atoms with E-state index in [0.29, 0.717) is 0 Å². The van der Waals surface area contributed by atoms with Crippen LogP contribution in [0, 0.1) is 12.2 Å². The second-order valence-electron chi connectivity index (χ2n) is 1.52. The molecule has 0 N–H and O–H groups in total. The summed E-state index contributed by atoms with van der Waals surface area (Å²) in [5.74, 6) is 0. The maximum Gasteiger partial charge on any atom is -0.0873 e. The molecule has 0 spiro atoms. The Morgan fingerprint density at radius 2 is 1.33 bits per heavy atom. The summed E-state index contributed by atoms with van der Waals surface area (Å²) in [4.78, 5) is 0. The Labute approximate surface area is 55.2 Å². The molecule has 1 aliphatic rings. The van der Waals surface area contributed by atoms with Gasteiger partial charge in [-0.15, -0.1) is 0 Å². The first-order valence-corrected chi connectivity index (χ1v) is 2.74. The minimum Gasteiger partial charge on any atom is -0.414 e. The first kappa shape index (κ1) is 5.87. The van der Waals surface area contributed by atoms with Crippen LogP contribution in [0.15, 0.2) is 42.2 Å². The topological polar surface area (TPSA) is 0 Å². The van der Waals surface area contributed by atoms with Gasteiger partial charge in [0.15, 0.2) is 0 Å². The summed E-state index contributed by atoms with van der Waals surface area (Å²) in [6, 6.07) is 0. The van der Waals surface area contributed by atoms with E-state index in [1.54, 1.807) is 12.2 Å². The summed E-state index contributed by atoms with van der Waals surface area (Å²) >= 11 is 0. The lowest BCUT2D eigenvalue weighted by Crippen LogP contribution is -1.46. The molecule has 0 saturated heterocycles. The maximum atomic E-state index is 2.78. The molecule has 1 aliphatic carbocycles. The van der Waals surface area contributed by atoms with E-state index in [1.165, 1.54) is 0 Å². The van der Waals surface area contributed by atoms with Gasteiger partial charge in [0, 0.05) is 0 Å². The van der Waals surface area contributed by atoms with Crippen LogP contribution in [0.4, 0.5) is 0 Å². The number of hydrogen-bond donors (Lipinski definition) is 0. The number of rotatable bonds is 0. The van der Waals surface area contributed by atoms with Gasteiger partial charge in [-0.2, -0.15) is 12.2 Å². The van der Waals surface area contributed by atoms with Crippen LogP contribution in [-0.2, 0) is 0 Å². The van der Waals surface area contributed by atoms with E-state index in [-0.39, 0.29) is 0 Å². The van der Waals surface area contributed by atoms with Gasteiger partial charge >= 0.3 is 0 Å². The van der Waals surface area contributed by atoms with E-state index in [9.17, 15) is 0 Å². The fourth-order valence-corrected chi connectivity index (χ4v) is 0.461. The molecule has 0 aromatic rings. The van der Waals surface area contributed by atoms with Crippen LogP contribution >= 0.6 is 0 Å². The standard InChI is InChI=1S/C9H6/c1-2-4-6-8-9-7-5-3-1/h1-6H/q-2/b2-1-,5-3-,6-4-. The van der Waals surface area contributed by atoms with Crippen molar-refractivity contribution in [3.63, 3.8) is 0 Å². The average Bonchev–Trinajstić information content (AvgIpc) is 2.00. The largest absolute Gasteiger partial charge is 0.414 e. The van der Waals surface area contributed by atoms with E-state index in [4.69, 9.17) is 0 Å². The van der Waals surface area contributed by atoms with Crippen LogP contribution in [0.5, 0.6) is 0 Å². The minimum atomic E-state index is 1.79. The molecular formula is C9H6-2. The van der Waals surface area contributed by atoms with Crippen LogP contribution < -0.4 is 0 Å². The Hall–Kier alpha value is -1.26. The molecule has 0 saturated carbocycles. The molecule has 0 heterocycles. The predicted molar refractivity (Wildman–Crippen MR) is 37.4 cm³/mol. The molecule has 0 aromatic carbocycles. The van der Waals surface area contributed by atoms with Crippen molar-refractivity contribution in [3.8, 4) is 0 Å². The maximum absolute atomic E-state index is 2.78. The molecule has 0 fully saturated rings. The highest BCUT2D eigenvalue weighted by atomic mass is 13.7. The number of hydrogen-bond acceptors (Lipinski definition) is 0. The lowest BCUT2D eigenvalue weighted by atomic mass is 10.4. The van der Waals surface area contributed by atoms with Gasteiger partial charge in [-0.3, -0.25) is 18.2 Å². The molecule has 0 aromatic heterocycles. The Morgan fingerprint density at radius 3 is 1.89 bits per heavy atom. The van der Waals surface area contributed by atoms with Gasteiger partial charge in [0.25, 0.3) is 0 Å². The van der Waals surface area contributed by atoms with Gasteiger partial charge in [0.2, 0.25) is 0 Å². The van der Waals surface area contributed by atoms with Crippen molar-refractivity contribution < 1.29 is 0 Å². The van der Waals surface area contributed by atoms with Crippen LogP contribution in [0.3, 0.4) is 0 Å². The summed E-state index contributed by atoms with van der Waals surface area (Å²) < 4.78 is 0. The fraction of sp³-hybridized carbons (Fsp3) is 0. The van der Waals surface area contributed by atoms with Gasteiger partial charge in [0.05, 0.1) is 0 Å². The Morgan fingerprint density at radius 1 is 0.778 bits per heavy atom. The fourth-order valence-electron chi connectivity index (χ4n) is 0.461. The van der Waals surface area contributed by atoms with E-state index < -0.39 is 0 Å². The lowest BCUT2D eigenvalue weighted by molar-refractivity contribution is 1.85. The van der Waals surface area contributed by atoms with Gasteiger partial charge < -0.3 is 11.8 Å². The third-order valence-corrected chi connectivity index (χ3v) is 0.837. The Balaban J connectivity index is 2.81. The van der Waals surface area contributed by atoms with Crippen molar-refractivity contribution in [3.05, 3.63) is 54.3 Å². The van der Waals surface area contributed by atoms with E-state index in [1.807, 2.05) is 24.3 Å². The van der Waals surface area contributed by atoms with Crippen LogP contribution in [0.25, 0.3) is 0 Å². The van der Waals surface area contributed by atoms with Gasteiger partial charge in [-0.25, -0.2) is 0 Å². The van der Waals surface area contributed by atoms with E-state index in [0.717, 1.165) is 0 Å².